The Morgan fingerprint density at radius 1 is 1.14 bits per heavy atom. The van der Waals surface area contributed by atoms with Gasteiger partial charge >= 0.3 is 0 Å². The van der Waals surface area contributed by atoms with Gasteiger partial charge in [-0.3, -0.25) is 4.79 Å². The molecule has 2 aromatic rings. The number of rotatable bonds is 3. The van der Waals surface area contributed by atoms with Gasteiger partial charge in [-0.2, -0.15) is 5.10 Å². The highest BCUT2D eigenvalue weighted by Crippen LogP contribution is 2.33. The highest BCUT2D eigenvalue weighted by Gasteiger charge is 2.18. The molecule has 0 aliphatic carbocycles. The van der Waals surface area contributed by atoms with Crippen molar-refractivity contribution in [2.24, 2.45) is 0 Å². The van der Waals surface area contributed by atoms with Crippen molar-refractivity contribution < 1.29 is 4.43 Å². The van der Waals surface area contributed by atoms with Gasteiger partial charge in [-0.15, -0.1) is 0 Å². The van der Waals surface area contributed by atoms with E-state index in [9.17, 15) is 4.79 Å². The van der Waals surface area contributed by atoms with E-state index >= 15 is 0 Å². The second kappa shape index (κ2) is 5.85. The minimum Gasteiger partial charge on any atom is -0.542 e. The van der Waals surface area contributed by atoms with E-state index in [1.54, 1.807) is 6.07 Å². The summed E-state index contributed by atoms with van der Waals surface area (Å²) in [6, 6.07) is 9.39. The fourth-order valence-electron chi connectivity index (χ4n) is 2.00. The summed E-state index contributed by atoms with van der Waals surface area (Å²) in [6.07, 6.45) is 0. The first-order chi connectivity index (χ1) is 9.77. The average molecular weight is 301 g/mol. The normalized spacial score (nSPS) is 11.7. The Morgan fingerprint density at radius 3 is 2.38 bits per heavy atom. The van der Waals surface area contributed by atoms with Crippen molar-refractivity contribution in [3.05, 3.63) is 46.2 Å². The SMILES string of the molecule is C[Si](C)Oc1cc(C(C)(C)C)ccc1-c1ccc(=O)[nH]n1. The van der Waals surface area contributed by atoms with Crippen LogP contribution in [0.2, 0.25) is 13.1 Å². The molecule has 5 heteroatoms. The Bertz CT molecular complexity index is 667. The molecule has 0 aliphatic rings. The molecular formula is C16H21N2O2Si. The van der Waals surface area contributed by atoms with Crippen molar-refractivity contribution in [3.63, 3.8) is 0 Å². The van der Waals surface area contributed by atoms with Gasteiger partial charge in [0.2, 0.25) is 0 Å². The zero-order chi connectivity index (χ0) is 15.6. The van der Waals surface area contributed by atoms with Crippen LogP contribution in [0.3, 0.4) is 0 Å². The van der Waals surface area contributed by atoms with E-state index in [4.69, 9.17) is 4.43 Å². The molecule has 1 N–H and O–H groups in total. The first-order valence-electron chi connectivity index (χ1n) is 6.96. The van der Waals surface area contributed by atoms with E-state index in [1.807, 2.05) is 6.07 Å². The number of aromatic amines is 1. The largest absolute Gasteiger partial charge is 0.542 e. The standard InChI is InChI=1S/C16H21N2O2Si/c1-16(2,3)11-6-7-12(14(10-11)20-21(4)5)13-8-9-15(19)18-17-13/h6-10H,1-5H3,(H,18,19). The number of aromatic nitrogens is 2. The second-order valence-corrected chi connectivity index (χ2v) is 8.30. The van der Waals surface area contributed by atoms with Gasteiger partial charge < -0.3 is 4.43 Å². The van der Waals surface area contributed by atoms with E-state index in [0.717, 1.165) is 11.3 Å². The molecule has 1 radical (unpaired) electrons. The molecule has 0 unspecified atom stereocenters. The smallest absolute Gasteiger partial charge is 0.274 e. The number of nitrogens with one attached hydrogen (secondary N) is 1. The number of hydrogen-bond acceptors (Lipinski definition) is 3. The van der Waals surface area contributed by atoms with Gasteiger partial charge in [0.05, 0.1) is 5.69 Å². The average Bonchev–Trinajstić information content (AvgIpc) is 2.38. The molecule has 0 saturated carbocycles. The van der Waals surface area contributed by atoms with Gasteiger partial charge in [0, 0.05) is 11.6 Å². The molecule has 0 amide bonds. The fraction of sp³-hybridized carbons (Fsp3) is 0.375. The lowest BCUT2D eigenvalue weighted by atomic mass is 9.86. The van der Waals surface area contributed by atoms with Crippen molar-refractivity contribution >= 4 is 9.04 Å². The van der Waals surface area contributed by atoms with Crippen LogP contribution >= 0.6 is 0 Å². The van der Waals surface area contributed by atoms with Gasteiger partial charge in [-0.25, -0.2) is 5.10 Å². The van der Waals surface area contributed by atoms with E-state index in [-0.39, 0.29) is 11.0 Å². The number of hydrogen-bond donors (Lipinski definition) is 1. The lowest BCUT2D eigenvalue weighted by Gasteiger charge is -2.22. The maximum atomic E-state index is 11.2. The quantitative estimate of drug-likeness (QED) is 0.884. The summed E-state index contributed by atoms with van der Waals surface area (Å²) in [5.74, 6) is 0.834. The van der Waals surface area contributed by atoms with Crippen LogP contribution in [0, 0.1) is 0 Å². The Kier molecular flexibility index (Phi) is 4.32. The molecule has 4 nitrogen and oxygen atoms in total. The first kappa shape index (κ1) is 15.5. The van der Waals surface area contributed by atoms with Crippen LogP contribution in [0.5, 0.6) is 5.75 Å². The van der Waals surface area contributed by atoms with Gasteiger partial charge in [0.15, 0.2) is 0 Å². The van der Waals surface area contributed by atoms with Crippen molar-refractivity contribution in [2.45, 2.75) is 39.3 Å². The Morgan fingerprint density at radius 2 is 1.86 bits per heavy atom. The monoisotopic (exact) mass is 301 g/mol. The van der Waals surface area contributed by atoms with Crippen molar-refractivity contribution in [1.82, 2.24) is 10.2 Å². The zero-order valence-corrected chi connectivity index (χ0v) is 14.2. The summed E-state index contributed by atoms with van der Waals surface area (Å²) in [4.78, 5) is 11.2. The summed E-state index contributed by atoms with van der Waals surface area (Å²) >= 11 is 0. The van der Waals surface area contributed by atoms with Crippen LogP contribution in [0.25, 0.3) is 11.3 Å². The second-order valence-electron chi connectivity index (χ2n) is 6.28. The minimum atomic E-state index is -0.885. The van der Waals surface area contributed by atoms with Crippen LogP contribution in [-0.4, -0.2) is 19.2 Å². The molecule has 111 valence electrons. The molecule has 0 fully saturated rings. The molecule has 0 aliphatic heterocycles. The van der Waals surface area contributed by atoms with Gasteiger partial charge in [-0.1, -0.05) is 26.8 Å². The van der Waals surface area contributed by atoms with Gasteiger partial charge in [0.1, 0.15) is 5.75 Å². The molecule has 1 aromatic heterocycles. The summed E-state index contributed by atoms with van der Waals surface area (Å²) in [7, 11) is -0.885. The predicted molar refractivity (Wildman–Crippen MR) is 87.1 cm³/mol. The molecule has 1 heterocycles. The predicted octanol–water partition coefficient (Wildman–Crippen LogP) is 3.36. The molecule has 2 rings (SSSR count). The highest BCUT2D eigenvalue weighted by molar-refractivity contribution is 6.49. The lowest BCUT2D eigenvalue weighted by Crippen LogP contribution is -2.15. The van der Waals surface area contributed by atoms with E-state index in [0.29, 0.717) is 5.69 Å². The third kappa shape index (κ3) is 3.82. The maximum absolute atomic E-state index is 11.2. The minimum absolute atomic E-state index is 0.0590. The van der Waals surface area contributed by atoms with Crippen molar-refractivity contribution in [2.75, 3.05) is 0 Å². The number of nitrogens with zero attached hydrogens (tertiary/aromatic N) is 1. The molecule has 0 saturated heterocycles. The van der Waals surface area contributed by atoms with Crippen LogP contribution in [-0.2, 0) is 5.41 Å². The summed E-state index contributed by atoms with van der Waals surface area (Å²) in [5.41, 5.74) is 2.69. The van der Waals surface area contributed by atoms with Crippen LogP contribution < -0.4 is 9.99 Å². The third-order valence-corrected chi connectivity index (χ3v) is 3.74. The summed E-state index contributed by atoms with van der Waals surface area (Å²) in [6.45, 7) is 10.7. The fourth-order valence-corrected chi connectivity index (χ4v) is 2.61. The van der Waals surface area contributed by atoms with Crippen molar-refractivity contribution in [1.29, 1.82) is 0 Å². The number of benzene rings is 1. The highest BCUT2D eigenvalue weighted by atomic mass is 28.3. The molecule has 1 aromatic carbocycles. The van der Waals surface area contributed by atoms with Crippen LogP contribution in [0.4, 0.5) is 0 Å². The zero-order valence-electron chi connectivity index (χ0n) is 13.2. The van der Waals surface area contributed by atoms with Gasteiger partial charge in [-0.05, 0) is 42.3 Å². The number of H-pyrrole nitrogens is 1. The molecule has 0 atom stereocenters. The van der Waals surface area contributed by atoms with Crippen molar-refractivity contribution in [3.8, 4) is 17.0 Å². The molecule has 0 bridgehead atoms. The molecular weight excluding hydrogens is 280 g/mol. The van der Waals surface area contributed by atoms with Gasteiger partial charge in [0.25, 0.3) is 14.6 Å². The van der Waals surface area contributed by atoms with Crippen LogP contribution in [0.1, 0.15) is 26.3 Å². The van der Waals surface area contributed by atoms with E-state index < -0.39 is 9.04 Å². The molecule has 0 spiro atoms. The Balaban J connectivity index is 2.54. The molecule has 21 heavy (non-hydrogen) atoms. The summed E-state index contributed by atoms with van der Waals surface area (Å²) < 4.78 is 6.04. The summed E-state index contributed by atoms with van der Waals surface area (Å²) in [5, 5.41) is 6.57. The third-order valence-electron chi connectivity index (χ3n) is 3.12. The lowest BCUT2D eigenvalue weighted by molar-refractivity contribution is 0.561. The Labute approximate surface area is 126 Å². The van der Waals surface area contributed by atoms with Crippen LogP contribution in [0.15, 0.2) is 35.1 Å². The van der Waals surface area contributed by atoms with E-state index in [1.165, 1.54) is 11.6 Å². The Hall–Kier alpha value is -1.88. The topological polar surface area (TPSA) is 55.0 Å². The maximum Gasteiger partial charge on any atom is 0.274 e. The first-order valence-corrected chi connectivity index (χ1v) is 9.37. The van der Waals surface area contributed by atoms with E-state index in [2.05, 4.69) is 56.2 Å².